The first-order chi connectivity index (χ1) is 9.20. The predicted molar refractivity (Wildman–Crippen MR) is 81.8 cm³/mol. The van der Waals surface area contributed by atoms with Gasteiger partial charge in [-0.15, -0.1) is 11.3 Å². The Balaban J connectivity index is 2.08. The van der Waals surface area contributed by atoms with Crippen molar-refractivity contribution in [2.45, 2.75) is 32.6 Å². The molecule has 3 heteroatoms. The molecule has 2 rings (SSSR count). The third-order valence-electron chi connectivity index (χ3n) is 3.29. The Labute approximate surface area is 118 Å². The minimum absolute atomic E-state index is 0.0539. The van der Waals surface area contributed by atoms with Crippen molar-refractivity contribution in [1.82, 2.24) is 0 Å². The van der Waals surface area contributed by atoms with Crippen molar-refractivity contribution in [3.05, 3.63) is 52.2 Å². The van der Waals surface area contributed by atoms with E-state index in [1.165, 1.54) is 5.56 Å². The zero-order valence-corrected chi connectivity index (χ0v) is 12.2. The van der Waals surface area contributed by atoms with Crippen molar-refractivity contribution in [2.75, 3.05) is 5.32 Å². The van der Waals surface area contributed by atoms with Gasteiger partial charge in [0.2, 0.25) is 5.91 Å². The van der Waals surface area contributed by atoms with E-state index in [4.69, 9.17) is 0 Å². The maximum Gasteiger partial charge on any atom is 0.229 e. The number of anilines is 1. The molecule has 1 N–H and O–H groups in total. The molecule has 1 atom stereocenters. The SMILES string of the molecule is CC[C@@H](C)c1ccccc1NC(=O)Cc1cccs1. The molecule has 0 fully saturated rings. The zero-order chi connectivity index (χ0) is 13.7. The maximum atomic E-state index is 12.0. The van der Waals surface area contributed by atoms with Gasteiger partial charge in [0.05, 0.1) is 6.42 Å². The number of hydrogen-bond acceptors (Lipinski definition) is 2. The summed E-state index contributed by atoms with van der Waals surface area (Å²) in [5.74, 6) is 0.511. The number of carbonyl (C=O) groups excluding carboxylic acids is 1. The molecule has 19 heavy (non-hydrogen) atoms. The molecule has 0 bridgehead atoms. The van der Waals surface area contributed by atoms with E-state index in [9.17, 15) is 4.79 Å². The molecule has 0 aliphatic heterocycles. The number of benzene rings is 1. The minimum atomic E-state index is 0.0539. The summed E-state index contributed by atoms with van der Waals surface area (Å²) < 4.78 is 0. The number of rotatable bonds is 5. The number of carbonyl (C=O) groups is 1. The van der Waals surface area contributed by atoms with Crippen molar-refractivity contribution in [3.8, 4) is 0 Å². The lowest BCUT2D eigenvalue weighted by Crippen LogP contribution is -2.15. The van der Waals surface area contributed by atoms with E-state index >= 15 is 0 Å². The summed E-state index contributed by atoms with van der Waals surface area (Å²) in [6.07, 6.45) is 1.52. The lowest BCUT2D eigenvalue weighted by molar-refractivity contribution is -0.115. The van der Waals surface area contributed by atoms with E-state index in [1.807, 2.05) is 35.7 Å². The summed E-state index contributed by atoms with van der Waals surface area (Å²) in [6.45, 7) is 4.35. The van der Waals surface area contributed by atoms with E-state index < -0.39 is 0 Å². The molecule has 2 nitrogen and oxygen atoms in total. The van der Waals surface area contributed by atoms with Gasteiger partial charge in [-0.2, -0.15) is 0 Å². The summed E-state index contributed by atoms with van der Waals surface area (Å²) in [6, 6.07) is 12.0. The second kappa shape index (κ2) is 6.53. The first-order valence-corrected chi connectivity index (χ1v) is 7.49. The summed E-state index contributed by atoms with van der Waals surface area (Å²) in [7, 11) is 0. The molecular formula is C16H19NOS. The Morgan fingerprint density at radius 2 is 2.05 bits per heavy atom. The van der Waals surface area contributed by atoms with Crippen LogP contribution in [-0.4, -0.2) is 5.91 Å². The molecule has 2 aromatic rings. The number of para-hydroxylation sites is 1. The van der Waals surface area contributed by atoms with Gasteiger partial charge in [0.25, 0.3) is 0 Å². The van der Waals surface area contributed by atoms with Gasteiger partial charge >= 0.3 is 0 Å². The molecule has 0 saturated heterocycles. The van der Waals surface area contributed by atoms with Gasteiger partial charge in [0, 0.05) is 10.6 Å². The number of amides is 1. The Morgan fingerprint density at radius 1 is 1.26 bits per heavy atom. The van der Waals surface area contributed by atoms with Gasteiger partial charge < -0.3 is 5.32 Å². The average Bonchev–Trinajstić information content (AvgIpc) is 2.91. The second-order valence-corrected chi connectivity index (χ2v) is 5.73. The molecule has 0 aliphatic carbocycles. The smallest absolute Gasteiger partial charge is 0.229 e. The van der Waals surface area contributed by atoms with Crippen LogP contribution in [0.3, 0.4) is 0 Å². The lowest BCUT2D eigenvalue weighted by atomic mass is 9.97. The highest BCUT2D eigenvalue weighted by Gasteiger charge is 2.11. The lowest BCUT2D eigenvalue weighted by Gasteiger charge is -2.15. The molecule has 0 aliphatic rings. The Bertz CT molecular complexity index is 533. The molecule has 1 aromatic heterocycles. The molecule has 1 heterocycles. The van der Waals surface area contributed by atoms with E-state index in [2.05, 4.69) is 25.2 Å². The van der Waals surface area contributed by atoms with Crippen LogP contribution in [0.4, 0.5) is 5.69 Å². The van der Waals surface area contributed by atoms with E-state index in [0.29, 0.717) is 12.3 Å². The van der Waals surface area contributed by atoms with Crippen LogP contribution in [0.15, 0.2) is 41.8 Å². The van der Waals surface area contributed by atoms with Crippen molar-refractivity contribution >= 4 is 22.9 Å². The van der Waals surface area contributed by atoms with Crippen LogP contribution in [0.25, 0.3) is 0 Å². The second-order valence-electron chi connectivity index (χ2n) is 4.70. The first kappa shape index (κ1) is 13.8. The fourth-order valence-corrected chi connectivity index (χ4v) is 2.73. The van der Waals surface area contributed by atoms with Crippen LogP contribution < -0.4 is 5.32 Å². The van der Waals surface area contributed by atoms with Gasteiger partial charge in [-0.25, -0.2) is 0 Å². The Kier molecular flexibility index (Phi) is 4.74. The van der Waals surface area contributed by atoms with Gasteiger partial charge in [0.15, 0.2) is 0 Å². The highest BCUT2D eigenvalue weighted by Crippen LogP contribution is 2.26. The summed E-state index contributed by atoms with van der Waals surface area (Å²) >= 11 is 1.62. The largest absolute Gasteiger partial charge is 0.326 e. The average molecular weight is 273 g/mol. The highest BCUT2D eigenvalue weighted by atomic mass is 32.1. The topological polar surface area (TPSA) is 29.1 Å². The molecule has 100 valence electrons. The predicted octanol–water partition coefficient (Wildman–Crippen LogP) is 4.44. The number of hydrogen-bond donors (Lipinski definition) is 1. The fourth-order valence-electron chi connectivity index (χ4n) is 2.03. The summed E-state index contributed by atoms with van der Waals surface area (Å²) in [4.78, 5) is 13.1. The molecule has 0 spiro atoms. The number of thiophene rings is 1. The van der Waals surface area contributed by atoms with Crippen LogP contribution in [0.5, 0.6) is 0 Å². The fraction of sp³-hybridized carbons (Fsp3) is 0.312. The van der Waals surface area contributed by atoms with Crippen LogP contribution in [0.2, 0.25) is 0 Å². The third kappa shape index (κ3) is 3.67. The van der Waals surface area contributed by atoms with Crippen LogP contribution in [0.1, 0.15) is 36.6 Å². The van der Waals surface area contributed by atoms with E-state index in [0.717, 1.165) is 17.0 Å². The van der Waals surface area contributed by atoms with Crippen molar-refractivity contribution in [2.24, 2.45) is 0 Å². The Hall–Kier alpha value is -1.61. The number of nitrogens with one attached hydrogen (secondary N) is 1. The van der Waals surface area contributed by atoms with Crippen molar-refractivity contribution in [1.29, 1.82) is 0 Å². The normalized spacial score (nSPS) is 12.1. The Morgan fingerprint density at radius 3 is 2.74 bits per heavy atom. The molecule has 0 radical (unpaired) electrons. The van der Waals surface area contributed by atoms with Crippen LogP contribution >= 0.6 is 11.3 Å². The molecule has 1 amide bonds. The highest BCUT2D eigenvalue weighted by molar-refractivity contribution is 7.10. The van der Waals surface area contributed by atoms with Gasteiger partial charge in [0.1, 0.15) is 0 Å². The van der Waals surface area contributed by atoms with Crippen LogP contribution in [-0.2, 0) is 11.2 Å². The standard InChI is InChI=1S/C16H19NOS/c1-3-12(2)14-8-4-5-9-15(14)17-16(18)11-13-7-6-10-19-13/h4-10,12H,3,11H2,1-2H3,(H,17,18)/t12-/m1/s1. The third-order valence-corrected chi connectivity index (χ3v) is 4.17. The van der Waals surface area contributed by atoms with Crippen molar-refractivity contribution < 1.29 is 4.79 Å². The minimum Gasteiger partial charge on any atom is -0.326 e. The van der Waals surface area contributed by atoms with Crippen LogP contribution in [0, 0.1) is 0 Å². The molecular weight excluding hydrogens is 254 g/mol. The van der Waals surface area contributed by atoms with Gasteiger partial charge in [-0.1, -0.05) is 38.1 Å². The van der Waals surface area contributed by atoms with Gasteiger partial charge in [-0.3, -0.25) is 4.79 Å². The zero-order valence-electron chi connectivity index (χ0n) is 11.3. The van der Waals surface area contributed by atoms with E-state index in [-0.39, 0.29) is 5.91 Å². The quantitative estimate of drug-likeness (QED) is 0.857. The van der Waals surface area contributed by atoms with Gasteiger partial charge in [-0.05, 0) is 35.4 Å². The maximum absolute atomic E-state index is 12.0. The monoisotopic (exact) mass is 273 g/mol. The summed E-state index contributed by atoms with van der Waals surface area (Å²) in [5.41, 5.74) is 2.16. The molecule has 0 unspecified atom stereocenters. The molecule has 0 saturated carbocycles. The first-order valence-electron chi connectivity index (χ1n) is 6.62. The summed E-state index contributed by atoms with van der Waals surface area (Å²) in [5, 5.41) is 5.03. The molecule has 1 aromatic carbocycles. The van der Waals surface area contributed by atoms with E-state index in [1.54, 1.807) is 11.3 Å². The van der Waals surface area contributed by atoms with Crippen molar-refractivity contribution in [3.63, 3.8) is 0 Å².